The SMILES string of the molecule is Cc1cccc(NC(=O)CCN(C)C2CCOCC2)c1C. The van der Waals surface area contributed by atoms with Crippen molar-refractivity contribution < 1.29 is 9.53 Å². The molecule has 1 amide bonds. The smallest absolute Gasteiger partial charge is 0.225 e. The summed E-state index contributed by atoms with van der Waals surface area (Å²) in [5, 5.41) is 3.02. The third kappa shape index (κ3) is 4.55. The zero-order chi connectivity index (χ0) is 15.2. The minimum atomic E-state index is 0.0857. The average molecular weight is 290 g/mol. The Morgan fingerprint density at radius 3 is 2.76 bits per heavy atom. The van der Waals surface area contributed by atoms with Crippen LogP contribution in [0.4, 0.5) is 5.69 Å². The van der Waals surface area contributed by atoms with Crippen LogP contribution in [-0.4, -0.2) is 43.7 Å². The lowest BCUT2D eigenvalue weighted by Crippen LogP contribution is -2.38. The Hall–Kier alpha value is -1.39. The summed E-state index contributed by atoms with van der Waals surface area (Å²) in [5.41, 5.74) is 3.27. The summed E-state index contributed by atoms with van der Waals surface area (Å²) >= 11 is 0. The number of benzene rings is 1. The Morgan fingerprint density at radius 2 is 2.05 bits per heavy atom. The lowest BCUT2D eigenvalue weighted by atomic mass is 10.1. The number of nitrogens with zero attached hydrogens (tertiary/aromatic N) is 1. The van der Waals surface area contributed by atoms with Crippen LogP contribution in [0.1, 0.15) is 30.4 Å². The van der Waals surface area contributed by atoms with Crippen molar-refractivity contribution >= 4 is 11.6 Å². The molecule has 0 spiro atoms. The number of aryl methyl sites for hydroxylation is 1. The molecule has 0 bridgehead atoms. The van der Waals surface area contributed by atoms with Crippen molar-refractivity contribution in [3.63, 3.8) is 0 Å². The second kappa shape index (κ2) is 7.57. The molecule has 1 aromatic carbocycles. The first-order chi connectivity index (χ1) is 10.1. The lowest BCUT2D eigenvalue weighted by Gasteiger charge is -2.30. The third-order valence-corrected chi connectivity index (χ3v) is 4.38. The van der Waals surface area contributed by atoms with Crippen LogP contribution in [0.15, 0.2) is 18.2 Å². The highest BCUT2D eigenvalue weighted by atomic mass is 16.5. The number of carbonyl (C=O) groups excluding carboxylic acids is 1. The first-order valence-electron chi connectivity index (χ1n) is 7.72. The summed E-state index contributed by atoms with van der Waals surface area (Å²) in [6.07, 6.45) is 2.66. The van der Waals surface area contributed by atoms with Crippen LogP contribution >= 0.6 is 0 Å². The van der Waals surface area contributed by atoms with E-state index < -0.39 is 0 Å². The van der Waals surface area contributed by atoms with Crippen molar-refractivity contribution in [1.29, 1.82) is 0 Å². The maximum Gasteiger partial charge on any atom is 0.225 e. The van der Waals surface area contributed by atoms with Gasteiger partial charge in [0.25, 0.3) is 0 Å². The van der Waals surface area contributed by atoms with E-state index in [4.69, 9.17) is 4.74 Å². The van der Waals surface area contributed by atoms with Gasteiger partial charge in [-0.2, -0.15) is 0 Å². The number of hydrogen-bond donors (Lipinski definition) is 1. The zero-order valence-corrected chi connectivity index (χ0v) is 13.3. The standard InChI is InChI=1S/C17H26N2O2/c1-13-5-4-6-16(14(13)2)18-17(20)7-10-19(3)15-8-11-21-12-9-15/h4-6,15H,7-12H2,1-3H3,(H,18,20). The molecule has 1 aliphatic heterocycles. The highest BCUT2D eigenvalue weighted by molar-refractivity contribution is 5.91. The van der Waals surface area contributed by atoms with E-state index in [0.717, 1.165) is 43.9 Å². The molecule has 4 nitrogen and oxygen atoms in total. The highest BCUT2D eigenvalue weighted by Crippen LogP contribution is 2.18. The van der Waals surface area contributed by atoms with Gasteiger partial charge in [0.15, 0.2) is 0 Å². The Bertz CT molecular complexity index is 482. The largest absolute Gasteiger partial charge is 0.381 e. The van der Waals surface area contributed by atoms with Crippen LogP contribution < -0.4 is 5.32 Å². The zero-order valence-electron chi connectivity index (χ0n) is 13.3. The molecule has 0 aliphatic carbocycles. The predicted octanol–water partition coefficient (Wildman–Crippen LogP) is 2.74. The number of hydrogen-bond acceptors (Lipinski definition) is 3. The second-order valence-electron chi connectivity index (χ2n) is 5.87. The molecule has 1 N–H and O–H groups in total. The van der Waals surface area contributed by atoms with E-state index >= 15 is 0 Å². The van der Waals surface area contributed by atoms with Gasteiger partial charge in [0.1, 0.15) is 0 Å². The Labute approximate surface area is 127 Å². The van der Waals surface area contributed by atoms with E-state index in [-0.39, 0.29) is 5.91 Å². The van der Waals surface area contributed by atoms with E-state index in [0.29, 0.717) is 12.5 Å². The maximum absolute atomic E-state index is 12.1. The van der Waals surface area contributed by atoms with Crippen LogP contribution in [0, 0.1) is 13.8 Å². The summed E-state index contributed by atoms with van der Waals surface area (Å²) in [7, 11) is 2.10. The van der Waals surface area contributed by atoms with Gasteiger partial charge >= 0.3 is 0 Å². The van der Waals surface area contributed by atoms with Gasteiger partial charge in [-0.3, -0.25) is 4.79 Å². The number of nitrogens with one attached hydrogen (secondary N) is 1. The highest BCUT2D eigenvalue weighted by Gasteiger charge is 2.18. The second-order valence-corrected chi connectivity index (χ2v) is 5.87. The van der Waals surface area contributed by atoms with Gasteiger partial charge in [0, 0.05) is 37.9 Å². The molecular weight excluding hydrogens is 264 g/mol. The van der Waals surface area contributed by atoms with Gasteiger partial charge in [0.05, 0.1) is 0 Å². The van der Waals surface area contributed by atoms with Crippen LogP contribution in [0.3, 0.4) is 0 Å². The van der Waals surface area contributed by atoms with Crippen LogP contribution in [0.2, 0.25) is 0 Å². The fraction of sp³-hybridized carbons (Fsp3) is 0.588. The molecule has 1 saturated heterocycles. The molecule has 1 fully saturated rings. The summed E-state index contributed by atoms with van der Waals surface area (Å²) in [4.78, 5) is 14.4. The minimum Gasteiger partial charge on any atom is -0.381 e. The molecule has 1 aliphatic rings. The Kier molecular flexibility index (Phi) is 5.76. The molecule has 0 atom stereocenters. The molecule has 1 heterocycles. The normalized spacial score (nSPS) is 16.2. The Morgan fingerprint density at radius 1 is 1.33 bits per heavy atom. The predicted molar refractivity (Wildman–Crippen MR) is 85.6 cm³/mol. The number of amides is 1. The van der Waals surface area contributed by atoms with E-state index in [9.17, 15) is 4.79 Å². The van der Waals surface area contributed by atoms with Crippen molar-refractivity contribution in [2.45, 2.75) is 39.2 Å². The van der Waals surface area contributed by atoms with Gasteiger partial charge in [0.2, 0.25) is 5.91 Å². The maximum atomic E-state index is 12.1. The molecule has 4 heteroatoms. The summed E-state index contributed by atoms with van der Waals surface area (Å²) in [6.45, 7) is 6.57. The van der Waals surface area contributed by atoms with Gasteiger partial charge in [-0.1, -0.05) is 12.1 Å². The van der Waals surface area contributed by atoms with Crippen LogP contribution in [0.5, 0.6) is 0 Å². The minimum absolute atomic E-state index is 0.0857. The van der Waals surface area contributed by atoms with E-state index in [1.807, 2.05) is 19.1 Å². The Balaban J connectivity index is 1.80. The molecule has 21 heavy (non-hydrogen) atoms. The fourth-order valence-corrected chi connectivity index (χ4v) is 2.69. The molecule has 2 rings (SSSR count). The number of ether oxygens (including phenoxy) is 1. The summed E-state index contributed by atoms with van der Waals surface area (Å²) in [6, 6.07) is 6.55. The van der Waals surface area contributed by atoms with Gasteiger partial charge in [-0.25, -0.2) is 0 Å². The van der Waals surface area contributed by atoms with Crippen molar-refractivity contribution in [1.82, 2.24) is 4.90 Å². The first-order valence-corrected chi connectivity index (χ1v) is 7.72. The topological polar surface area (TPSA) is 41.6 Å². The van der Waals surface area contributed by atoms with Crippen LogP contribution in [-0.2, 0) is 9.53 Å². The van der Waals surface area contributed by atoms with Gasteiger partial charge < -0.3 is 15.0 Å². The van der Waals surface area contributed by atoms with Crippen LogP contribution in [0.25, 0.3) is 0 Å². The average Bonchev–Trinajstić information content (AvgIpc) is 2.50. The first kappa shape index (κ1) is 16.0. The quantitative estimate of drug-likeness (QED) is 0.906. The van der Waals surface area contributed by atoms with Crippen molar-refractivity contribution in [2.75, 3.05) is 32.1 Å². The molecule has 0 aromatic heterocycles. The van der Waals surface area contributed by atoms with E-state index in [2.05, 4.69) is 30.3 Å². The number of anilines is 1. The third-order valence-electron chi connectivity index (χ3n) is 4.38. The van der Waals surface area contributed by atoms with Crippen molar-refractivity contribution in [3.8, 4) is 0 Å². The summed E-state index contributed by atoms with van der Waals surface area (Å²) < 4.78 is 5.37. The monoisotopic (exact) mass is 290 g/mol. The lowest BCUT2D eigenvalue weighted by molar-refractivity contribution is -0.116. The molecule has 0 unspecified atom stereocenters. The molecular formula is C17H26N2O2. The fourth-order valence-electron chi connectivity index (χ4n) is 2.69. The summed E-state index contributed by atoms with van der Waals surface area (Å²) in [5.74, 6) is 0.0857. The van der Waals surface area contributed by atoms with E-state index in [1.165, 1.54) is 5.56 Å². The molecule has 1 aromatic rings. The number of carbonyl (C=O) groups is 1. The molecule has 0 saturated carbocycles. The van der Waals surface area contributed by atoms with Gasteiger partial charge in [-0.05, 0) is 50.9 Å². The van der Waals surface area contributed by atoms with Crippen molar-refractivity contribution in [3.05, 3.63) is 29.3 Å². The van der Waals surface area contributed by atoms with Crippen molar-refractivity contribution in [2.24, 2.45) is 0 Å². The molecule has 0 radical (unpaired) electrons. The van der Waals surface area contributed by atoms with E-state index in [1.54, 1.807) is 0 Å². The van der Waals surface area contributed by atoms with Gasteiger partial charge in [-0.15, -0.1) is 0 Å². The number of rotatable bonds is 5. The molecule has 116 valence electrons.